The van der Waals surface area contributed by atoms with E-state index < -0.39 is 11.7 Å². The van der Waals surface area contributed by atoms with Gasteiger partial charge in [-0.1, -0.05) is 6.07 Å². The quantitative estimate of drug-likeness (QED) is 0.675. The van der Waals surface area contributed by atoms with Gasteiger partial charge in [-0.25, -0.2) is 4.39 Å². The molecule has 6 nitrogen and oxygen atoms in total. The van der Waals surface area contributed by atoms with Gasteiger partial charge in [-0.15, -0.1) is 0 Å². The molecule has 1 aromatic carbocycles. The normalized spacial score (nSPS) is 10.1. The van der Waals surface area contributed by atoms with Crippen molar-refractivity contribution in [3.8, 4) is 0 Å². The summed E-state index contributed by atoms with van der Waals surface area (Å²) < 4.78 is 13.0. The Balaban J connectivity index is 1.76. The lowest BCUT2D eigenvalue weighted by atomic mass is 10.2. The van der Waals surface area contributed by atoms with E-state index >= 15 is 0 Å². The Labute approximate surface area is 132 Å². The largest absolute Gasteiger partial charge is 0.384 e. The maximum Gasteiger partial charge on any atom is 0.252 e. The maximum atomic E-state index is 13.0. The minimum atomic E-state index is -0.556. The molecule has 0 aliphatic carbocycles. The SMILES string of the molecule is NC(=O)c1cnccc1NCCCNC(=O)c1cccc(F)c1. The Bertz CT molecular complexity index is 706. The average Bonchev–Trinajstić information content (AvgIpc) is 2.54. The summed E-state index contributed by atoms with van der Waals surface area (Å²) in [6.45, 7) is 0.951. The number of nitrogens with zero attached hydrogens (tertiary/aromatic N) is 1. The van der Waals surface area contributed by atoms with Crippen molar-refractivity contribution in [2.24, 2.45) is 5.73 Å². The average molecular weight is 316 g/mol. The lowest BCUT2D eigenvalue weighted by Crippen LogP contribution is -2.26. The first-order valence-corrected chi connectivity index (χ1v) is 7.09. The van der Waals surface area contributed by atoms with E-state index in [2.05, 4.69) is 15.6 Å². The molecule has 0 aliphatic heterocycles. The van der Waals surface area contributed by atoms with E-state index in [9.17, 15) is 14.0 Å². The molecule has 1 heterocycles. The Kier molecular flexibility index (Phi) is 5.62. The highest BCUT2D eigenvalue weighted by molar-refractivity contribution is 5.98. The Morgan fingerprint density at radius 1 is 1.22 bits per heavy atom. The molecule has 1 aromatic heterocycles. The van der Waals surface area contributed by atoms with Gasteiger partial charge in [0.15, 0.2) is 0 Å². The number of nitrogens with two attached hydrogens (primary N) is 1. The van der Waals surface area contributed by atoms with Gasteiger partial charge in [-0.2, -0.15) is 0 Å². The molecule has 0 saturated heterocycles. The van der Waals surface area contributed by atoms with Crippen LogP contribution in [0.15, 0.2) is 42.7 Å². The molecular formula is C16H17FN4O2. The van der Waals surface area contributed by atoms with Gasteiger partial charge < -0.3 is 16.4 Å². The fourth-order valence-electron chi connectivity index (χ4n) is 1.99. The smallest absolute Gasteiger partial charge is 0.252 e. The zero-order chi connectivity index (χ0) is 16.7. The summed E-state index contributed by atoms with van der Waals surface area (Å²) in [5, 5.41) is 5.77. The molecule has 0 unspecified atom stereocenters. The van der Waals surface area contributed by atoms with Crippen LogP contribution in [-0.2, 0) is 0 Å². The Hall–Kier alpha value is -2.96. The van der Waals surface area contributed by atoms with Crippen LogP contribution in [0.5, 0.6) is 0 Å². The Morgan fingerprint density at radius 2 is 2.04 bits per heavy atom. The zero-order valence-corrected chi connectivity index (χ0v) is 12.4. The molecule has 2 rings (SSSR count). The maximum absolute atomic E-state index is 13.0. The molecule has 4 N–H and O–H groups in total. The summed E-state index contributed by atoms with van der Waals surface area (Å²) in [6, 6.07) is 7.16. The van der Waals surface area contributed by atoms with Gasteiger partial charge in [0.25, 0.3) is 11.8 Å². The van der Waals surface area contributed by atoms with Crippen LogP contribution in [-0.4, -0.2) is 29.9 Å². The lowest BCUT2D eigenvalue weighted by molar-refractivity contribution is 0.0952. The van der Waals surface area contributed by atoms with Crippen LogP contribution in [0.4, 0.5) is 10.1 Å². The minimum Gasteiger partial charge on any atom is -0.384 e. The molecule has 0 fully saturated rings. The molecule has 120 valence electrons. The number of nitrogens with one attached hydrogen (secondary N) is 2. The predicted octanol–water partition coefficient (Wildman–Crippen LogP) is 1.55. The number of rotatable bonds is 7. The zero-order valence-electron chi connectivity index (χ0n) is 12.4. The summed E-state index contributed by atoms with van der Waals surface area (Å²) in [5.74, 6) is -1.33. The summed E-state index contributed by atoms with van der Waals surface area (Å²) >= 11 is 0. The number of primary amides is 1. The van der Waals surface area contributed by atoms with Crippen LogP contribution in [0.2, 0.25) is 0 Å². The summed E-state index contributed by atoms with van der Waals surface area (Å²) in [5.41, 5.74) is 6.45. The van der Waals surface area contributed by atoms with Gasteiger partial charge in [0, 0.05) is 31.0 Å². The molecular weight excluding hydrogens is 299 g/mol. The molecule has 0 radical (unpaired) electrons. The summed E-state index contributed by atoms with van der Waals surface area (Å²) in [6.07, 6.45) is 3.58. The lowest BCUT2D eigenvalue weighted by Gasteiger charge is -2.10. The van der Waals surface area contributed by atoms with E-state index in [1.165, 1.54) is 24.4 Å². The number of carbonyl (C=O) groups excluding carboxylic acids is 2. The third-order valence-corrected chi connectivity index (χ3v) is 3.13. The van der Waals surface area contributed by atoms with Crippen LogP contribution >= 0.6 is 0 Å². The number of pyridine rings is 1. The predicted molar refractivity (Wildman–Crippen MR) is 84.6 cm³/mol. The Morgan fingerprint density at radius 3 is 2.78 bits per heavy atom. The molecule has 2 aromatic rings. The van der Waals surface area contributed by atoms with Crippen molar-refractivity contribution in [2.75, 3.05) is 18.4 Å². The van der Waals surface area contributed by atoms with E-state index in [-0.39, 0.29) is 11.5 Å². The van der Waals surface area contributed by atoms with Crippen LogP contribution in [0.25, 0.3) is 0 Å². The van der Waals surface area contributed by atoms with Gasteiger partial charge in [-0.3, -0.25) is 14.6 Å². The van der Waals surface area contributed by atoms with Crippen molar-refractivity contribution in [2.45, 2.75) is 6.42 Å². The van der Waals surface area contributed by atoms with Crippen molar-refractivity contribution >= 4 is 17.5 Å². The van der Waals surface area contributed by atoms with E-state index in [1.807, 2.05) is 0 Å². The first-order chi connectivity index (χ1) is 11.1. The van der Waals surface area contributed by atoms with Crippen LogP contribution in [0, 0.1) is 5.82 Å². The number of benzene rings is 1. The van der Waals surface area contributed by atoms with Crippen LogP contribution in [0.1, 0.15) is 27.1 Å². The molecule has 0 aliphatic rings. The van der Waals surface area contributed by atoms with Gasteiger partial charge in [-0.05, 0) is 30.7 Å². The number of halogens is 1. The fraction of sp³-hybridized carbons (Fsp3) is 0.188. The van der Waals surface area contributed by atoms with E-state index in [1.54, 1.807) is 18.3 Å². The molecule has 23 heavy (non-hydrogen) atoms. The number of anilines is 1. The number of amides is 2. The number of hydrogen-bond acceptors (Lipinski definition) is 4. The van der Waals surface area contributed by atoms with Crippen molar-refractivity contribution in [3.05, 3.63) is 59.7 Å². The number of hydrogen-bond donors (Lipinski definition) is 3. The van der Waals surface area contributed by atoms with Gasteiger partial charge in [0.05, 0.1) is 11.3 Å². The van der Waals surface area contributed by atoms with Crippen LogP contribution < -0.4 is 16.4 Å². The monoisotopic (exact) mass is 316 g/mol. The van der Waals surface area contributed by atoms with Gasteiger partial charge in [0.2, 0.25) is 0 Å². The first kappa shape index (κ1) is 16.4. The highest BCUT2D eigenvalue weighted by Crippen LogP contribution is 2.12. The van der Waals surface area contributed by atoms with Crippen molar-refractivity contribution in [1.29, 1.82) is 0 Å². The van der Waals surface area contributed by atoms with E-state index in [4.69, 9.17) is 5.73 Å². The first-order valence-electron chi connectivity index (χ1n) is 7.09. The van der Waals surface area contributed by atoms with Crippen molar-refractivity contribution in [1.82, 2.24) is 10.3 Å². The highest BCUT2D eigenvalue weighted by Gasteiger charge is 2.08. The number of carbonyl (C=O) groups is 2. The third-order valence-electron chi connectivity index (χ3n) is 3.13. The van der Waals surface area contributed by atoms with Crippen LogP contribution in [0.3, 0.4) is 0 Å². The standard InChI is InChI=1S/C16H17FN4O2/c17-12-4-1-3-11(9-12)16(23)21-7-2-6-20-14-5-8-19-10-13(14)15(18)22/h1,3-5,8-10H,2,6-7H2,(H2,18,22)(H,19,20)(H,21,23). The molecule has 0 bridgehead atoms. The highest BCUT2D eigenvalue weighted by atomic mass is 19.1. The second kappa shape index (κ2) is 7.88. The molecule has 0 saturated carbocycles. The molecule has 0 spiro atoms. The van der Waals surface area contributed by atoms with Crippen molar-refractivity contribution < 1.29 is 14.0 Å². The summed E-state index contributed by atoms with van der Waals surface area (Å²) in [7, 11) is 0. The van der Waals surface area contributed by atoms with Crippen molar-refractivity contribution in [3.63, 3.8) is 0 Å². The van der Waals surface area contributed by atoms with Gasteiger partial charge in [0.1, 0.15) is 5.82 Å². The minimum absolute atomic E-state index is 0.281. The van der Waals surface area contributed by atoms with Gasteiger partial charge >= 0.3 is 0 Å². The number of aromatic nitrogens is 1. The molecule has 0 atom stereocenters. The summed E-state index contributed by atoms with van der Waals surface area (Å²) in [4.78, 5) is 26.9. The molecule has 2 amide bonds. The second-order valence-corrected chi connectivity index (χ2v) is 4.83. The van der Waals surface area contributed by atoms with E-state index in [0.29, 0.717) is 30.8 Å². The fourth-order valence-corrected chi connectivity index (χ4v) is 1.99. The third kappa shape index (κ3) is 4.77. The van der Waals surface area contributed by atoms with E-state index in [0.717, 1.165) is 0 Å². The topological polar surface area (TPSA) is 97.1 Å². The molecule has 7 heteroatoms. The second-order valence-electron chi connectivity index (χ2n) is 4.83.